The average Bonchev–Trinajstić information content (AvgIpc) is 2.53. The van der Waals surface area contributed by atoms with Gasteiger partial charge in [-0.1, -0.05) is 45.9 Å². The summed E-state index contributed by atoms with van der Waals surface area (Å²) < 4.78 is 35.1. The third-order valence-corrected chi connectivity index (χ3v) is 2.10. The molecular formula is C18H24F2O2. The monoisotopic (exact) mass is 310 g/mol. The molecule has 0 aliphatic rings. The molecule has 0 bridgehead atoms. The summed E-state index contributed by atoms with van der Waals surface area (Å²) in [7, 11) is 0. The topological polar surface area (TPSA) is 18.5 Å². The average molecular weight is 310 g/mol. The summed E-state index contributed by atoms with van der Waals surface area (Å²) in [5.41, 5.74) is 0. The number of para-hydroxylation sites is 1. The lowest BCUT2D eigenvalue weighted by Crippen LogP contribution is -2.18. The van der Waals surface area contributed by atoms with E-state index < -0.39 is 6.11 Å². The van der Waals surface area contributed by atoms with Crippen molar-refractivity contribution >= 4 is 0 Å². The lowest BCUT2D eigenvalue weighted by Gasteiger charge is -2.13. The lowest BCUT2D eigenvalue weighted by atomic mass is 10.3. The van der Waals surface area contributed by atoms with Crippen LogP contribution in [0.2, 0.25) is 0 Å². The van der Waals surface area contributed by atoms with Crippen LogP contribution in [0.1, 0.15) is 34.6 Å². The van der Waals surface area contributed by atoms with E-state index in [-0.39, 0.29) is 5.75 Å². The molecule has 122 valence electrons. The summed E-state index contributed by atoms with van der Waals surface area (Å²) in [5.74, 6) is 1.35. The molecule has 2 aromatic carbocycles. The molecule has 0 aromatic heterocycles. The normalized spacial score (nSPS) is 9.59. The van der Waals surface area contributed by atoms with Gasteiger partial charge in [0.2, 0.25) is 0 Å². The summed E-state index contributed by atoms with van der Waals surface area (Å²) in [6.45, 7) is 8.70. The molecule has 0 saturated heterocycles. The van der Waals surface area contributed by atoms with Gasteiger partial charge in [-0.05, 0) is 36.4 Å². The zero-order valence-electron chi connectivity index (χ0n) is 13.8. The molecule has 0 N–H and O–H groups in total. The number of hydrogen-bond donors (Lipinski definition) is 0. The van der Waals surface area contributed by atoms with Crippen LogP contribution in [0.25, 0.3) is 0 Å². The predicted octanol–water partition coefficient (Wildman–Crippen LogP) is 6.52. The van der Waals surface area contributed by atoms with E-state index in [0.29, 0.717) is 18.4 Å². The van der Waals surface area contributed by atoms with E-state index >= 15 is 0 Å². The molecule has 0 atom stereocenters. The lowest BCUT2D eigenvalue weighted by molar-refractivity contribution is -0.158. The summed E-state index contributed by atoms with van der Waals surface area (Å²) in [4.78, 5) is 0. The maximum atomic E-state index is 12.6. The quantitative estimate of drug-likeness (QED) is 0.639. The van der Waals surface area contributed by atoms with Crippen molar-refractivity contribution in [2.24, 2.45) is 0 Å². The van der Waals surface area contributed by atoms with Crippen molar-refractivity contribution in [1.82, 2.24) is 0 Å². The van der Waals surface area contributed by atoms with Gasteiger partial charge in [-0.25, -0.2) is 0 Å². The molecular weight excluding hydrogens is 286 g/mol. The van der Waals surface area contributed by atoms with Gasteiger partial charge in [0.25, 0.3) is 0 Å². The van der Waals surface area contributed by atoms with Crippen LogP contribution in [0.5, 0.6) is 17.2 Å². The van der Waals surface area contributed by atoms with E-state index in [1.54, 1.807) is 12.1 Å². The second-order valence-corrected chi connectivity index (χ2v) is 3.80. The molecule has 0 spiro atoms. The number of benzene rings is 2. The van der Waals surface area contributed by atoms with Crippen molar-refractivity contribution in [3.63, 3.8) is 0 Å². The molecule has 0 aliphatic carbocycles. The van der Waals surface area contributed by atoms with Crippen LogP contribution in [0.4, 0.5) is 8.78 Å². The molecule has 0 fully saturated rings. The highest BCUT2D eigenvalue weighted by molar-refractivity contribution is 5.35. The first-order chi connectivity index (χ1) is 10.5. The fourth-order valence-electron chi connectivity index (χ4n) is 1.41. The van der Waals surface area contributed by atoms with Gasteiger partial charge in [0.15, 0.2) is 0 Å². The Hall–Kier alpha value is -2.10. The van der Waals surface area contributed by atoms with E-state index in [1.807, 2.05) is 58.0 Å². The first-order valence-corrected chi connectivity index (χ1v) is 7.43. The van der Waals surface area contributed by atoms with Crippen LogP contribution in [0.15, 0.2) is 54.6 Å². The Morgan fingerprint density at radius 1 is 0.682 bits per heavy atom. The molecule has 22 heavy (non-hydrogen) atoms. The van der Waals surface area contributed by atoms with Crippen molar-refractivity contribution in [2.45, 2.75) is 40.7 Å². The number of rotatable bonds is 4. The minimum atomic E-state index is -3.18. The molecule has 0 heterocycles. The highest BCUT2D eigenvalue weighted by Gasteiger charge is 2.22. The Morgan fingerprint density at radius 3 is 1.55 bits per heavy atom. The molecule has 0 aliphatic heterocycles. The molecule has 0 amide bonds. The Balaban J connectivity index is 0.00000102. The molecule has 2 aromatic rings. The van der Waals surface area contributed by atoms with E-state index in [0.717, 1.165) is 0 Å². The third kappa shape index (κ3) is 8.25. The van der Waals surface area contributed by atoms with Crippen LogP contribution in [0.3, 0.4) is 0 Å². The first-order valence-electron chi connectivity index (χ1n) is 7.43. The van der Waals surface area contributed by atoms with Gasteiger partial charge >= 0.3 is 6.11 Å². The summed E-state index contributed by atoms with van der Waals surface area (Å²) >= 11 is 0. The van der Waals surface area contributed by atoms with Gasteiger partial charge in [0, 0.05) is 6.92 Å². The minimum Gasteiger partial charge on any atom is -0.457 e. The van der Waals surface area contributed by atoms with Gasteiger partial charge < -0.3 is 9.47 Å². The number of ether oxygens (including phenoxy) is 2. The van der Waals surface area contributed by atoms with Crippen LogP contribution < -0.4 is 9.47 Å². The Kier molecular flexibility index (Phi) is 9.59. The molecule has 0 unspecified atom stereocenters. The summed E-state index contributed by atoms with van der Waals surface area (Å²) in [6.07, 6.45) is -3.18. The number of alkyl halides is 2. The SMILES string of the molecule is CC.CC.CC(F)(F)Oc1ccc(Oc2ccccc2)cc1. The highest BCUT2D eigenvalue weighted by atomic mass is 19.3. The van der Waals surface area contributed by atoms with Crippen molar-refractivity contribution in [3.8, 4) is 17.2 Å². The van der Waals surface area contributed by atoms with Crippen molar-refractivity contribution in [1.29, 1.82) is 0 Å². The van der Waals surface area contributed by atoms with Crippen LogP contribution in [-0.2, 0) is 0 Å². The van der Waals surface area contributed by atoms with Gasteiger partial charge in [0.05, 0.1) is 0 Å². The van der Waals surface area contributed by atoms with E-state index in [4.69, 9.17) is 4.74 Å². The van der Waals surface area contributed by atoms with Crippen LogP contribution in [-0.4, -0.2) is 6.11 Å². The number of hydrogen-bond acceptors (Lipinski definition) is 2. The number of halogens is 2. The fourth-order valence-corrected chi connectivity index (χ4v) is 1.41. The summed E-state index contributed by atoms with van der Waals surface area (Å²) in [6, 6.07) is 15.2. The second kappa shape index (κ2) is 10.6. The van der Waals surface area contributed by atoms with E-state index in [2.05, 4.69) is 4.74 Å². The summed E-state index contributed by atoms with van der Waals surface area (Å²) in [5, 5.41) is 0. The van der Waals surface area contributed by atoms with Crippen molar-refractivity contribution in [3.05, 3.63) is 54.6 Å². The van der Waals surface area contributed by atoms with Gasteiger partial charge in [-0.2, -0.15) is 8.78 Å². The van der Waals surface area contributed by atoms with Gasteiger partial charge in [-0.15, -0.1) is 0 Å². The van der Waals surface area contributed by atoms with Crippen molar-refractivity contribution < 1.29 is 18.3 Å². The first kappa shape index (κ1) is 19.9. The smallest absolute Gasteiger partial charge is 0.394 e. The zero-order chi connectivity index (χ0) is 17.0. The molecule has 2 rings (SSSR count). The van der Waals surface area contributed by atoms with Crippen molar-refractivity contribution in [2.75, 3.05) is 0 Å². The van der Waals surface area contributed by atoms with Crippen LogP contribution in [0, 0.1) is 0 Å². The second-order valence-electron chi connectivity index (χ2n) is 3.80. The van der Waals surface area contributed by atoms with E-state index in [9.17, 15) is 8.78 Å². The Bertz CT molecular complexity index is 491. The van der Waals surface area contributed by atoms with Crippen LogP contribution >= 0.6 is 0 Å². The molecule has 2 nitrogen and oxygen atoms in total. The maximum Gasteiger partial charge on any atom is 0.394 e. The van der Waals surface area contributed by atoms with Gasteiger partial charge in [0.1, 0.15) is 17.2 Å². The fraction of sp³-hybridized carbons (Fsp3) is 0.333. The zero-order valence-corrected chi connectivity index (χ0v) is 13.8. The third-order valence-electron chi connectivity index (χ3n) is 2.10. The molecule has 0 saturated carbocycles. The highest BCUT2D eigenvalue weighted by Crippen LogP contribution is 2.26. The Morgan fingerprint density at radius 2 is 1.09 bits per heavy atom. The predicted molar refractivity (Wildman–Crippen MR) is 86.9 cm³/mol. The molecule has 0 radical (unpaired) electrons. The standard InChI is InChI=1S/C14H12F2O2.2C2H6/c1-14(15,16)18-13-9-7-12(8-10-13)17-11-5-3-2-4-6-11;2*1-2/h2-10H,1H3;2*1-2H3. The largest absolute Gasteiger partial charge is 0.457 e. The molecule has 4 heteroatoms. The Labute approximate surface area is 131 Å². The minimum absolute atomic E-state index is 0.0999. The maximum absolute atomic E-state index is 12.6. The van der Waals surface area contributed by atoms with E-state index in [1.165, 1.54) is 12.1 Å². The van der Waals surface area contributed by atoms with Gasteiger partial charge in [-0.3, -0.25) is 0 Å².